The third kappa shape index (κ3) is 3.20. The van der Waals surface area contributed by atoms with Crippen molar-refractivity contribution in [2.75, 3.05) is 5.32 Å². The summed E-state index contributed by atoms with van der Waals surface area (Å²) in [5.41, 5.74) is -1.50. The molecule has 0 radical (unpaired) electrons. The third-order valence-corrected chi connectivity index (χ3v) is 4.26. The smallest absolute Gasteiger partial charge is 0.417 e. The van der Waals surface area contributed by atoms with Gasteiger partial charge in [-0.05, 0) is 36.4 Å². The summed E-state index contributed by atoms with van der Waals surface area (Å²) in [5, 5.41) is 14.3. The Bertz CT molecular complexity index is 1130. The first-order valence-corrected chi connectivity index (χ1v) is 8.26. The van der Waals surface area contributed by atoms with E-state index in [9.17, 15) is 23.3 Å². The molecule has 10 heteroatoms. The van der Waals surface area contributed by atoms with E-state index in [2.05, 4.69) is 5.32 Å². The van der Waals surface area contributed by atoms with Gasteiger partial charge in [0.05, 0.1) is 9.82 Å². The first-order valence-electron chi connectivity index (χ1n) is 6.82. The molecule has 128 valence electrons. The average Bonchev–Trinajstić information content (AvgIpc) is 2.54. The number of nitrogens with zero attached hydrogens (tertiary/aromatic N) is 1. The van der Waals surface area contributed by atoms with Gasteiger partial charge in [0.2, 0.25) is 0 Å². The SMILES string of the molecule is O=c1oc2ccccc2c(Nc2ccc(S(=O)(=O)O)cc2)c1[N+](=O)[O-]. The number of para-hydroxylation sites is 1. The fraction of sp³-hybridized carbons (Fsp3) is 0. The maximum atomic E-state index is 11.9. The van der Waals surface area contributed by atoms with Gasteiger partial charge < -0.3 is 9.73 Å². The van der Waals surface area contributed by atoms with Gasteiger partial charge >= 0.3 is 11.3 Å². The summed E-state index contributed by atoms with van der Waals surface area (Å²) in [6.07, 6.45) is 0. The summed E-state index contributed by atoms with van der Waals surface area (Å²) in [6.45, 7) is 0. The summed E-state index contributed by atoms with van der Waals surface area (Å²) in [4.78, 5) is 22.0. The van der Waals surface area contributed by atoms with Crippen LogP contribution in [0.5, 0.6) is 0 Å². The van der Waals surface area contributed by atoms with Gasteiger partial charge in [0.15, 0.2) is 0 Å². The Kier molecular flexibility index (Phi) is 3.99. The van der Waals surface area contributed by atoms with Crippen molar-refractivity contribution >= 4 is 38.1 Å². The van der Waals surface area contributed by atoms with Crippen molar-refractivity contribution in [1.29, 1.82) is 0 Å². The molecule has 0 fully saturated rings. The molecule has 0 bridgehead atoms. The van der Waals surface area contributed by atoms with Crippen LogP contribution in [-0.2, 0) is 10.1 Å². The lowest BCUT2D eigenvalue weighted by Crippen LogP contribution is -2.10. The molecule has 0 aliphatic heterocycles. The van der Waals surface area contributed by atoms with E-state index in [1.165, 1.54) is 18.2 Å². The predicted molar refractivity (Wildman–Crippen MR) is 88.7 cm³/mol. The fourth-order valence-electron chi connectivity index (χ4n) is 2.29. The number of hydrogen-bond donors (Lipinski definition) is 2. The number of rotatable bonds is 4. The minimum absolute atomic E-state index is 0.0727. The minimum Gasteiger partial charge on any atom is -0.418 e. The van der Waals surface area contributed by atoms with Crippen LogP contribution in [0.2, 0.25) is 0 Å². The second kappa shape index (κ2) is 6.00. The second-order valence-corrected chi connectivity index (χ2v) is 6.41. The topological polar surface area (TPSA) is 140 Å². The van der Waals surface area contributed by atoms with Crippen molar-refractivity contribution in [3.05, 3.63) is 69.1 Å². The van der Waals surface area contributed by atoms with Crippen LogP contribution in [0.25, 0.3) is 11.0 Å². The van der Waals surface area contributed by atoms with Gasteiger partial charge in [-0.1, -0.05) is 12.1 Å². The molecule has 0 unspecified atom stereocenters. The van der Waals surface area contributed by atoms with E-state index in [1.54, 1.807) is 18.2 Å². The molecule has 0 aliphatic carbocycles. The molecule has 2 N–H and O–H groups in total. The molecular formula is C15H10N2O7S. The summed E-state index contributed by atoms with van der Waals surface area (Å²) in [6, 6.07) is 11.1. The minimum atomic E-state index is -4.36. The van der Waals surface area contributed by atoms with E-state index in [0.29, 0.717) is 5.39 Å². The molecule has 0 aliphatic rings. The van der Waals surface area contributed by atoms with Crippen molar-refractivity contribution in [1.82, 2.24) is 0 Å². The normalized spacial score (nSPS) is 11.4. The van der Waals surface area contributed by atoms with E-state index in [4.69, 9.17) is 8.97 Å². The molecule has 0 spiro atoms. The highest BCUT2D eigenvalue weighted by molar-refractivity contribution is 7.85. The predicted octanol–water partition coefficient (Wildman–Crippen LogP) is 2.69. The molecule has 9 nitrogen and oxygen atoms in total. The molecule has 0 amide bonds. The Morgan fingerprint density at radius 2 is 1.72 bits per heavy atom. The first-order chi connectivity index (χ1) is 11.8. The van der Waals surface area contributed by atoms with Gasteiger partial charge in [-0.15, -0.1) is 0 Å². The molecule has 3 aromatic rings. The monoisotopic (exact) mass is 362 g/mol. The molecule has 0 saturated heterocycles. The molecule has 25 heavy (non-hydrogen) atoms. The summed E-state index contributed by atoms with van der Waals surface area (Å²) >= 11 is 0. The zero-order valence-corrected chi connectivity index (χ0v) is 13.2. The number of hydrogen-bond acceptors (Lipinski definition) is 7. The van der Waals surface area contributed by atoms with E-state index >= 15 is 0 Å². The number of fused-ring (bicyclic) bond motifs is 1. The lowest BCUT2D eigenvalue weighted by Gasteiger charge is -2.09. The summed E-state index contributed by atoms with van der Waals surface area (Å²) in [5.74, 6) is 0. The van der Waals surface area contributed by atoms with E-state index in [1.807, 2.05) is 0 Å². The Morgan fingerprint density at radius 1 is 1.08 bits per heavy atom. The lowest BCUT2D eigenvalue weighted by molar-refractivity contribution is -0.386. The standard InChI is InChI=1S/C15H10N2O7S/c18-15-14(17(19)20)13(11-3-1-2-4-12(11)24-15)16-9-5-7-10(8-6-9)25(21,22)23/h1-8,16H,(H,21,22,23). The van der Waals surface area contributed by atoms with Gasteiger partial charge in [0, 0.05) is 11.1 Å². The van der Waals surface area contributed by atoms with Crippen molar-refractivity contribution in [3.8, 4) is 0 Å². The molecule has 2 aromatic carbocycles. The van der Waals surface area contributed by atoms with Crippen LogP contribution in [-0.4, -0.2) is 17.9 Å². The third-order valence-electron chi connectivity index (χ3n) is 3.39. The van der Waals surface area contributed by atoms with Crippen LogP contribution >= 0.6 is 0 Å². The van der Waals surface area contributed by atoms with Crippen molar-refractivity contribution < 1.29 is 22.3 Å². The lowest BCUT2D eigenvalue weighted by atomic mass is 10.1. The van der Waals surface area contributed by atoms with Gasteiger partial charge in [-0.3, -0.25) is 14.7 Å². The summed E-state index contributed by atoms with van der Waals surface area (Å²) in [7, 11) is -4.36. The van der Waals surface area contributed by atoms with E-state index < -0.39 is 26.4 Å². The van der Waals surface area contributed by atoms with Gasteiger partial charge in [-0.2, -0.15) is 8.42 Å². The van der Waals surface area contributed by atoms with Crippen LogP contribution in [0.15, 0.2) is 62.6 Å². The molecular weight excluding hydrogens is 352 g/mol. The Morgan fingerprint density at radius 3 is 2.32 bits per heavy atom. The van der Waals surface area contributed by atoms with E-state index in [0.717, 1.165) is 12.1 Å². The fourth-order valence-corrected chi connectivity index (χ4v) is 2.77. The summed E-state index contributed by atoms with van der Waals surface area (Å²) < 4.78 is 36.0. The van der Waals surface area contributed by atoms with Crippen molar-refractivity contribution in [3.63, 3.8) is 0 Å². The first kappa shape index (κ1) is 16.6. The molecule has 0 atom stereocenters. The molecule has 0 saturated carbocycles. The maximum Gasteiger partial charge on any atom is 0.417 e. The second-order valence-electron chi connectivity index (χ2n) is 4.99. The average molecular weight is 362 g/mol. The maximum absolute atomic E-state index is 11.9. The Hall–Kier alpha value is -3.24. The molecule has 3 rings (SSSR count). The quantitative estimate of drug-likeness (QED) is 0.312. The van der Waals surface area contributed by atoms with Crippen LogP contribution in [0, 0.1) is 10.1 Å². The zero-order chi connectivity index (χ0) is 18.2. The molecule has 1 aromatic heterocycles. The van der Waals surface area contributed by atoms with Gasteiger partial charge in [-0.25, -0.2) is 4.79 Å². The van der Waals surface area contributed by atoms with Crippen molar-refractivity contribution in [2.24, 2.45) is 0 Å². The molecule has 1 heterocycles. The van der Waals surface area contributed by atoms with Crippen LogP contribution < -0.4 is 10.9 Å². The highest BCUT2D eigenvalue weighted by Gasteiger charge is 2.24. The highest BCUT2D eigenvalue weighted by Crippen LogP contribution is 2.32. The Labute approximate surface area is 140 Å². The van der Waals surface area contributed by atoms with Crippen LogP contribution in [0.1, 0.15) is 0 Å². The van der Waals surface area contributed by atoms with Crippen LogP contribution in [0.4, 0.5) is 17.1 Å². The van der Waals surface area contributed by atoms with Crippen molar-refractivity contribution in [2.45, 2.75) is 4.90 Å². The number of anilines is 2. The highest BCUT2D eigenvalue weighted by atomic mass is 32.2. The van der Waals surface area contributed by atoms with E-state index in [-0.39, 0.29) is 21.9 Å². The van der Waals surface area contributed by atoms with Crippen LogP contribution in [0.3, 0.4) is 0 Å². The number of benzene rings is 2. The van der Waals surface area contributed by atoms with Gasteiger partial charge in [0.25, 0.3) is 10.1 Å². The largest absolute Gasteiger partial charge is 0.418 e. The zero-order valence-electron chi connectivity index (χ0n) is 12.4. The Balaban J connectivity index is 2.16. The van der Waals surface area contributed by atoms with Gasteiger partial charge in [0.1, 0.15) is 11.3 Å². The number of nitro groups is 1. The number of nitrogens with one attached hydrogen (secondary N) is 1.